The lowest BCUT2D eigenvalue weighted by Crippen LogP contribution is -2.37. The molecule has 3 aromatic carbocycles. The lowest BCUT2D eigenvalue weighted by atomic mass is 9.69. The summed E-state index contributed by atoms with van der Waals surface area (Å²) in [5, 5.41) is 19.5. The number of carboxylic acid groups (broad SMARTS) is 1. The van der Waals surface area contributed by atoms with Crippen molar-refractivity contribution in [2.45, 2.75) is 43.9 Å². The third-order valence-corrected chi connectivity index (χ3v) is 7.00. The van der Waals surface area contributed by atoms with E-state index in [1.807, 2.05) is 54.6 Å². The fourth-order valence-electron chi connectivity index (χ4n) is 4.82. The third-order valence-electron chi connectivity index (χ3n) is 6.76. The zero-order valence-electron chi connectivity index (χ0n) is 19.9. The van der Waals surface area contributed by atoms with E-state index in [0.717, 1.165) is 41.6 Å². The number of rotatable bonds is 9. The lowest BCUT2D eigenvalue weighted by molar-refractivity contribution is -0.145. The van der Waals surface area contributed by atoms with Crippen molar-refractivity contribution in [2.75, 3.05) is 13.2 Å². The second-order valence-corrected chi connectivity index (χ2v) is 9.55. The second-order valence-electron chi connectivity index (χ2n) is 9.11. The van der Waals surface area contributed by atoms with Crippen LogP contribution in [0.15, 0.2) is 66.7 Å². The Morgan fingerprint density at radius 1 is 0.917 bits per heavy atom. The number of halogens is 1. The molecule has 0 aliphatic heterocycles. The van der Waals surface area contributed by atoms with E-state index in [4.69, 9.17) is 21.1 Å². The summed E-state index contributed by atoms with van der Waals surface area (Å²) < 4.78 is 11.9. The predicted molar refractivity (Wildman–Crippen MR) is 138 cm³/mol. The fourth-order valence-corrected chi connectivity index (χ4v) is 4.99. The van der Waals surface area contributed by atoms with Gasteiger partial charge in [0.2, 0.25) is 0 Å². The van der Waals surface area contributed by atoms with Crippen LogP contribution in [0, 0.1) is 0 Å². The highest BCUT2D eigenvalue weighted by Gasteiger charge is 2.41. The second kappa shape index (κ2) is 10.6. The number of hydrogen-bond donors (Lipinski definition) is 1. The minimum absolute atomic E-state index is 0.440. The molecule has 1 aromatic heterocycles. The molecular weight excluding hydrogens is 478 g/mol. The molecular formula is C28H28ClN3O4. The quantitative estimate of drug-likeness (QED) is 0.272. The van der Waals surface area contributed by atoms with Gasteiger partial charge in [0.05, 0.1) is 18.6 Å². The Kier molecular flexibility index (Phi) is 7.09. The van der Waals surface area contributed by atoms with Crippen LogP contribution in [0.1, 0.15) is 44.1 Å². The van der Waals surface area contributed by atoms with Crippen molar-refractivity contribution in [3.8, 4) is 17.2 Å². The van der Waals surface area contributed by atoms with Crippen molar-refractivity contribution in [2.24, 2.45) is 0 Å². The molecule has 1 saturated carbocycles. The summed E-state index contributed by atoms with van der Waals surface area (Å²) in [5.41, 5.74) is 2.35. The van der Waals surface area contributed by atoms with E-state index in [1.54, 1.807) is 16.9 Å². The fraction of sp³-hybridized carbons (Fsp3) is 0.321. The van der Waals surface area contributed by atoms with Gasteiger partial charge in [-0.1, -0.05) is 55.1 Å². The smallest absolute Gasteiger partial charge is 0.314 e. The topological polar surface area (TPSA) is 86.5 Å². The highest BCUT2D eigenvalue weighted by atomic mass is 35.5. The number of nitrogens with zero attached hydrogens (tertiary/aromatic N) is 3. The van der Waals surface area contributed by atoms with Gasteiger partial charge in [-0.05, 0) is 60.9 Å². The number of benzene rings is 3. The Morgan fingerprint density at radius 2 is 1.58 bits per heavy atom. The van der Waals surface area contributed by atoms with Gasteiger partial charge in [-0.15, -0.1) is 15.0 Å². The standard InChI is InChI=1S/C28H28ClN3O4/c29-21-11-14-26(25(19-21)32-30-23-7-2-3-8-24(23)31-32)36-18-6-17-35-22-12-9-20(10-13-22)28(27(33)34)15-4-1-5-16-28/h2-3,7-14,19H,1,4-6,15-18H2,(H,33,34). The van der Waals surface area contributed by atoms with Crippen LogP contribution in [0.4, 0.5) is 0 Å². The van der Waals surface area contributed by atoms with Crippen molar-refractivity contribution < 1.29 is 19.4 Å². The van der Waals surface area contributed by atoms with Crippen LogP contribution in [-0.4, -0.2) is 39.3 Å². The van der Waals surface area contributed by atoms with Crippen LogP contribution < -0.4 is 9.47 Å². The molecule has 1 aliphatic rings. The molecule has 0 amide bonds. The summed E-state index contributed by atoms with van der Waals surface area (Å²) in [6, 6.07) is 20.5. The number of aromatic nitrogens is 3. The van der Waals surface area contributed by atoms with Gasteiger partial charge >= 0.3 is 5.97 Å². The Labute approximate surface area is 214 Å². The molecule has 0 bridgehead atoms. The predicted octanol–water partition coefficient (Wildman–Crippen LogP) is 6.21. The Morgan fingerprint density at radius 3 is 2.25 bits per heavy atom. The summed E-state index contributed by atoms with van der Waals surface area (Å²) >= 11 is 6.23. The highest BCUT2D eigenvalue weighted by Crippen LogP contribution is 2.40. The van der Waals surface area contributed by atoms with E-state index in [2.05, 4.69) is 10.2 Å². The molecule has 0 unspecified atom stereocenters. The van der Waals surface area contributed by atoms with E-state index in [1.165, 1.54) is 0 Å². The Bertz CT molecular complexity index is 1310. The molecule has 7 nitrogen and oxygen atoms in total. The summed E-state index contributed by atoms with van der Waals surface area (Å²) in [6.45, 7) is 0.909. The van der Waals surface area contributed by atoms with Gasteiger partial charge < -0.3 is 14.6 Å². The number of ether oxygens (including phenoxy) is 2. The van der Waals surface area contributed by atoms with Gasteiger partial charge in [0.25, 0.3) is 0 Å². The van der Waals surface area contributed by atoms with Gasteiger partial charge in [-0.25, -0.2) is 0 Å². The first-order valence-electron chi connectivity index (χ1n) is 12.3. The first-order valence-corrected chi connectivity index (χ1v) is 12.6. The number of carboxylic acids is 1. The third kappa shape index (κ3) is 5.02. The highest BCUT2D eigenvalue weighted by molar-refractivity contribution is 6.30. The van der Waals surface area contributed by atoms with Crippen molar-refractivity contribution >= 4 is 28.6 Å². The summed E-state index contributed by atoms with van der Waals surface area (Å²) in [6.07, 6.45) is 5.05. The van der Waals surface area contributed by atoms with E-state index in [9.17, 15) is 9.90 Å². The summed E-state index contributed by atoms with van der Waals surface area (Å²) in [4.78, 5) is 13.6. The molecule has 1 aliphatic carbocycles. The monoisotopic (exact) mass is 505 g/mol. The Hall–Kier alpha value is -3.58. The van der Waals surface area contributed by atoms with Crippen LogP contribution in [0.25, 0.3) is 16.7 Å². The maximum Gasteiger partial charge on any atom is 0.314 e. The summed E-state index contributed by atoms with van der Waals surface area (Å²) in [7, 11) is 0. The first-order chi connectivity index (χ1) is 17.5. The van der Waals surface area contributed by atoms with Crippen molar-refractivity contribution in [1.82, 2.24) is 15.0 Å². The van der Waals surface area contributed by atoms with Crippen molar-refractivity contribution in [1.29, 1.82) is 0 Å². The van der Waals surface area contributed by atoms with Gasteiger partial charge in [0, 0.05) is 11.4 Å². The minimum atomic E-state index is -0.768. The van der Waals surface area contributed by atoms with Crippen LogP contribution in [-0.2, 0) is 10.2 Å². The maximum absolute atomic E-state index is 12.0. The SMILES string of the molecule is O=C(O)C1(c2ccc(OCCCOc3ccc(Cl)cc3-n3nc4ccccc4n3)cc2)CCCCC1. The molecule has 1 fully saturated rings. The molecule has 186 valence electrons. The average Bonchev–Trinajstić information content (AvgIpc) is 3.34. The molecule has 0 saturated heterocycles. The van der Waals surface area contributed by atoms with Crippen molar-refractivity contribution in [3.63, 3.8) is 0 Å². The van der Waals surface area contributed by atoms with Gasteiger partial charge in [-0.3, -0.25) is 4.79 Å². The van der Waals surface area contributed by atoms with Crippen LogP contribution >= 0.6 is 11.6 Å². The molecule has 0 spiro atoms. The van der Waals surface area contributed by atoms with E-state index >= 15 is 0 Å². The number of carbonyl (C=O) groups is 1. The van der Waals surface area contributed by atoms with E-state index < -0.39 is 11.4 Å². The molecule has 5 rings (SSSR count). The van der Waals surface area contributed by atoms with E-state index in [0.29, 0.717) is 48.9 Å². The zero-order valence-corrected chi connectivity index (χ0v) is 20.7. The largest absolute Gasteiger partial charge is 0.493 e. The molecule has 8 heteroatoms. The molecule has 1 N–H and O–H groups in total. The molecule has 36 heavy (non-hydrogen) atoms. The van der Waals surface area contributed by atoms with Crippen molar-refractivity contribution in [3.05, 3.63) is 77.3 Å². The van der Waals surface area contributed by atoms with Crippen LogP contribution in [0.2, 0.25) is 5.02 Å². The normalized spacial score (nSPS) is 15.0. The zero-order chi connectivity index (χ0) is 25.0. The van der Waals surface area contributed by atoms with Gasteiger partial charge in [0.1, 0.15) is 28.2 Å². The lowest BCUT2D eigenvalue weighted by Gasteiger charge is -2.33. The van der Waals surface area contributed by atoms with Gasteiger partial charge in [0.15, 0.2) is 0 Å². The van der Waals surface area contributed by atoms with Gasteiger partial charge in [-0.2, -0.15) is 0 Å². The summed E-state index contributed by atoms with van der Waals surface area (Å²) in [5.74, 6) is 0.623. The Balaban J connectivity index is 1.17. The minimum Gasteiger partial charge on any atom is -0.493 e. The molecule has 0 radical (unpaired) electrons. The van der Waals surface area contributed by atoms with Crippen LogP contribution in [0.5, 0.6) is 11.5 Å². The average molecular weight is 506 g/mol. The molecule has 0 atom stereocenters. The molecule has 1 heterocycles. The first kappa shape index (κ1) is 24.1. The maximum atomic E-state index is 12.0. The van der Waals surface area contributed by atoms with Crippen LogP contribution in [0.3, 0.4) is 0 Å². The molecule has 4 aromatic rings. The number of aliphatic carboxylic acids is 1. The number of hydrogen-bond acceptors (Lipinski definition) is 5. The van der Waals surface area contributed by atoms with E-state index in [-0.39, 0.29) is 0 Å². The number of fused-ring (bicyclic) bond motifs is 1.